The van der Waals surface area contributed by atoms with E-state index in [1.165, 1.54) is 0 Å². The number of carbonyl (C=O) groups excluding carboxylic acids is 2. The number of anilines is 1. The number of halogens is 1. The van der Waals surface area contributed by atoms with Gasteiger partial charge in [-0.05, 0) is 43.5 Å². The summed E-state index contributed by atoms with van der Waals surface area (Å²) in [6.07, 6.45) is 3.91. The Balaban J connectivity index is 0.00000261. The zero-order chi connectivity index (χ0) is 18.5. The molecule has 0 bridgehead atoms. The third-order valence-electron chi connectivity index (χ3n) is 5.06. The van der Waals surface area contributed by atoms with Crippen LogP contribution in [-0.2, 0) is 20.9 Å². The van der Waals surface area contributed by atoms with Crippen LogP contribution in [0.3, 0.4) is 0 Å². The van der Waals surface area contributed by atoms with Crippen molar-refractivity contribution in [2.24, 2.45) is 0 Å². The van der Waals surface area contributed by atoms with Crippen LogP contribution in [0.2, 0.25) is 0 Å². The first-order chi connectivity index (χ1) is 12.5. The number of piperidine rings is 1. The van der Waals surface area contributed by atoms with Gasteiger partial charge in [0.2, 0.25) is 11.8 Å². The number of amides is 2. The van der Waals surface area contributed by atoms with Crippen molar-refractivity contribution in [3.8, 4) is 0 Å². The highest BCUT2D eigenvalue weighted by molar-refractivity contribution is 5.95. The third kappa shape index (κ3) is 5.43. The molecule has 2 fully saturated rings. The van der Waals surface area contributed by atoms with Gasteiger partial charge in [0.15, 0.2) is 0 Å². The Morgan fingerprint density at radius 2 is 1.85 bits per heavy atom. The van der Waals surface area contributed by atoms with Crippen LogP contribution < -0.4 is 10.2 Å². The normalized spacial score (nSPS) is 20.2. The number of carboxylic acid groups (broad SMARTS) is 1. The summed E-state index contributed by atoms with van der Waals surface area (Å²) in [6, 6.07) is 7.04. The van der Waals surface area contributed by atoms with Gasteiger partial charge in [0, 0.05) is 25.2 Å². The van der Waals surface area contributed by atoms with E-state index in [2.05, 4.69) is 5.32 Å². The number of nitrogens with one attached hydrogen (secondary N) is 1. The number of likely N-dealkylation sites (tertiary alicyclic amines) is 1. The summed E-state index contributed by atoms with van der Waals surface area (Å²) in [5.41, 5.74) is 1.84. The molecule has 2 heterocycles. The number of aliphatic carboxylic acids is 1. The predicted molar refractivity (Wildman–Crippen MR) is 104 cm³/mol. The average molecular weight is 396 g/mol. The smallest absolute Gasteiger partial charge is 0.320 e. The van der Waals surface area contributed by atoms with E-state index in [4.69, 9.17) is 0 Å². The minimum atomic E-state index is -0.857. The van der Waals surface area contributed by atoms with Gasteiger partial charge < -0.3 is 15.3 Å². The molecule has 2 aliphatic heterocycles. The molecule has 0 saturated carbocycles. The minimum Gasteiger partial charge on any atom is -0.480 e. The predicted octanol–water partition coefficient (Wildman–Crippen LogP) is 1.79. The molecule has 1 unspecified atom stereocenters. The second-order valence-electron chi connectivity index (χ2n) is 6.91. The summed E-state index contributed by atoms with van der Waals surface area (Å²) < 4.78 is 0. The van der Waals surface area contributed by atoms with Crippen molar-refractivity contribution in [3.05, 3.63) is 29.8 Å². The topological polar surface area (TPSA) is 89.9 Å². The molecule has 148 valence electrons. The van der Waals surface area contributed by atoms with E-state index in [-0.39, 0.29) is 30.8 Å². The maximum absolute atomic E-state index is 12.2. The molecule has 0 aliphatic carbocycles. The summed E-state index contributed by atoms with van der Waals surface area (Å²) in [7, 11) is 0. The van der Waals surface area contributed by atoms with Gasteiger partial charge in [0.1, 0.15) is 6.04 Å². The van der Waals surface area contributed by atoms with Gasteiger partial charge in [-0.1, -0.05) is 18.6 Å². The maximum Gasteiger partial charge on any atom is 0.320 e. The molecule has 0 spiro atoms. The van der Waals surface area contributed by atoms with E-state index >= 15 is 0 Å². The monoisotopic (exact) mass is 395 g/mol. The highest BCUT2D eigenvalue weighted by Crippen LogP contribution is 2.21. The molecule has 8 heteroatoms. The van der Waals surface area contributed by atoms with Crippen LogP contribution in [-0.4, -0.2) is 53.5 Å². The van der Waals surface area contributed by atoms with Crippen LogP contribution in [0.4, 0.5) is 5.69 Å². The zero-order valence-corrected chi connectivity index (χ0v) is 16.0. The fourth-order valence-corrected chi connectivity index (χ4v) is 3.62. The Morgan fingerprint density at radius 3 is 2.48 bits per heavy atom. The average Bonchev–Trinajstić information content (AvgIpc) is 3.07. The summed E-state index contributed by atoms with van der Waals surface area (Å²) in [5, 5.41) is 12.1. The third-order valence-corrected chi connectivity index (χ3v) is 5.06. The van der Waals surface area contributed by atoms with Crippen molar-refractivity contribution in [3.63, 3.8) is 0 Å². The van der Waals surface area contributed by atoms with Crippen molar-refractivity contribution in [1.82, 2.24) is 10.2 Å². The van der Waals surface area contributed by atoms with E-state index in [1.807, 2.05) is 24.3 Å². The van der Waals surface area contributed by atoms with Crippen LogP contribution in [0.15, 0.2) is 24.3 Å². The van der Waals surface area contributed by atoms with Gasteiger partial charge in [-0.2, -0.15) is 0 Å². The molecule has 3 rings (SSSR count). The Bertz CT molecular complexity index is 680. The fraction of sp³-hybridized carbons (Fsp3) is 0.526. The van der Waals surface area contributed by atoms with Gasteiger partial charge in [-0.25, -0.2) is 0 Å². The molecule has 2 aliphatic rings. The lowest BCUT2D eigenvalue weighted by Crippen LogP contribution is -2.48. The molecular formula is C19H26ClN3O4. The van der Waals surface area contributed by atoms with Crippen LogP contribution in [0.25, 0.3) is 0 Å². The zero-order valence-electron chi connectivity index (χ0n) is 15.2. The van der Waals surface area contributed by atoms with Gasteiger partial charge in [-0.3, -0.25) is 19.3 Å². The Hall–Kier alpha value is -2.12. The summed E-state index contributed by atoms with van der Waals surface area (Å²) >= 11 is 0. The highest BCUT2D eigenvalue weighted by atomic mass is 35.5. The number of benzene rings is 1. The molecule has 2 amide bonds. The van der Waals surface area contributed by atoms with E-state index in [1.54, 1.807) is 9.80 Å². The fourth-order valence-electron chi connectivity index (χ4n) is 3.62. The number of hydrogen-bond donors (Lipinski definition) is 2. The summed E-state index contributed by atoms with van der Waals surface area (Å²) in [6.45, 7) is 1.90. The maximum atomic E-state index is 12.2. The molecule has 1 aromatic carbocycles. The van der Waals surface area contributed by atoms with Gasteiger partial charge in [0.25, 0.3) is 0 Å². The molecule has 1 aromatic rings. The standard InChI is InChI=1S/C19H25N3O4.ClH/c23-17(13-21-10-2-1-4-16(21)19(25)26)20-12-14-6-8-15(9-7-14)22-11-3-5-18(22)24;/h6-9,16H,1-5,10-13H2,(H,20,23)(H,25,26);1H. The van der Waals surface area contributed by atoms with Gasteiger partial charge in [-0.15, -0.1) is 12.4 Å². The molecule has 2 N–H and O–H groups in total. The van der Waals surface area contributed by atoms with Crippen LogP contribution in [0.1, 0.15) is 37.7 Å². The number of carboxylic acids is 1. The second-order valence-corrected chi connectivity index (χ2v) is 6.91. The molecule has 1 atom stereocenters. The van der Waals surface area contributed by atoms with E-state index in [0.717, 1.165) is 37.1 Å². The van der Waals surface area contributed by atoms with Crippen molar-refractivity contribution in [2.75, 3.05) is 24.5 Å². The largest absolute Gasteiger partial charge is 0.480 e. The highest BCUT2D eigenvalue weighted by Gasteiger charge is 2.29. The Labute approximate surface area is 165 Å². The van der Waals surface area contributed by atoms with Crippen LogP contribution in [0.5, 0.6) is 0 Å². The lowest BCUT2D eigenvalue weighted by molar-refractivity contribution is -0.145. The van der Waals surface area contributed by atoms with E-state index in [0.29, 0.717) is 25.9 Å². The molecule has 2 saturated heterocycles. The molecule has 0 aromatic heterocycles. The minimum absolute atomic E-state index is 0. The quantitative estimate of drug-likeness (QED) is 0.766. The van der Waals surface area contributed by atoms with Crippen molar-refractivity contribution < 1.29 is 19.5 Å². The van der Waals surface area contributed by atoms with Crippen LogP contribution >= 0.6 is 12.4 Å². The Morgan fingerprint density at radius 1 is 1.11 bits per heavy atom. The van der Waals surface area contributed by atoms with Crippen molar-refractivity contribution in [1.29, 1.82) is 0 Å². The van der Waals surface area contributed by atoms with Gasteiger partial charge >= 0.3 is 5.97 Å². The first kappa shape index (κ1) is 21.2. The molecular weight excluding hydrogens is 370 g/mol. The second kappa shape index (κ2) is 9.71. The number of nitrogens with zero attached hydrogens (tertiary/aromatic N) is 2. The number of carbonyl (C=O) groups is 3. The van der Waals surface area contributed by atoms with E-state index < -0.39 is 12.0 Å². The molecule has 0 radical (unpaired) electrons. The van der Waals surface area contributed by atoms with Crippen molar-refractivity contribution >= 4 is 35.9 Å². The number of rotatable bonds is 6. The lowest BCUT2D eigenvalue weighted by atomic mass is 10.0. The van der Waals surface area contributed by atoms with E-state index in [9.17, 15) is 19.5 Å². The summed E-state index contributed by atoms with van der Waals surface area (Å²) in [4.78, 5) is 38.7. The molecule has 27 heavy (non-hydrogen) atoms. The van der Waals surface area contributed by atoms with Crippen LogP contribution in [0, 0.1) is 0 Å². The van der Waals surface area contributed by atoms with Crippen molar-refractivity contribution in [2.45, 2.75) is 44.7 Å². The first-order valence-corrected chi connectivity index (χ1v) is 9.17. The first-order valence-electron chi connectivity index (χ1n) is 9.17. The lowest BCUT2D eigenvalue weighted by Gasteiger charge is -2.32. The SMILES string of the molecule is Cl.O=C(CN1CCCCC1C(=O)O)NCc1ccc(N2CCCC2=O)cc1. The summed E-state index contributed by atoms with van der Waals surface area (Å²) in [5.74, 6) is -0.873. The number of hydrogen-bond acceptors (Lipinski definition) is 4. The molecule has 7 nitrogen and oxygen atoms in total. The Kier molecular flexibility index (Phi) is 7.62. The van der Waals surface area contributed by atoms with Gasteiger partial charge in [0.05, 0.1) is 6.54 Å².